The SMILES string of the molecule is CCC1(CC)CN=C(NC(C(N)=O)C(C)C)SC1. The van der Waals surface area contributed by atoms with E-state index in [-0.39, 0.29) is 17.9 Å². The van der Waals surface area contributed by atoms with Crippen LogP contribution in [0, 0.1) is 11.3 Å². The van der Waals surface area contributed by atoms with E-state index < -0.39 is 0 Å². The highest BCUT2D eigenvalue weighted by molar-refractivity contribution is 8.13. The summed E-state index contributed by atoms with van der Waals surface area (Å²) in [6, 6.07) is -0.327. The second kappa shape index (κ2) is 6.45. The number of carbonyl (C=O) groups excluding carboxylic acids is 1. The molecule has 18 heavy (non-hydrogen) atoms. The molecule has 1 aliphatic heterocycles. The molecule has 0 aromatic carbocycles. The number of amides is 1. The Morgan fingerprint density at radius 1 is 1.50 bits per heavy atom. The number of hydrogen-bond acceptors (Lipinski definition) is 4. The Kier molecular flexibility index (Phi) is 5.50. The zero-order valence-electron chi connectivity index (χ0n) is 11.8. The third-order valence-corrected chi connectivity index (χ3v) is 5.10. The quantitative estimate of drug-likeness (QED) is 0.803. The Morgan fingerprint density at radius 2 is 2.11 bits per heavy atom. The van der Waals surface area contributed by atoms with Crippen molar-refractivity contribution in [3.05, 3.63) is 0 Å². The summed E-state index contributed by atoms with van der Waals surface area (Å²) in [4.78, 5) is 15.9. The molecule has 1 amide bonds. The summed E-state index contributed by atoms with van der Waals surface area (Å²) in [5, 5.41) is 4.04. The van der Waals surface area contributed by atoms with Crippen LogP contribution in [0.25, 0.3) is 0 Å². The Labute approximate surface area is 114 Å². The molecule has 0 bridgehead atoms. The zero-order valence-corrected chi connectivity index (χ0v) is 12.6. The van der Waals surface area contributed by atoms with Crippen molar-refractivity contribution < 1.29 is 4.79 Å². The lowest BCUT2D eigenvalue weighted by molar-refractivity contribution is -0.120. The molecule has 1 unspecified atom stereocenters. The van der Waals surface area contributed by atoms with E-state index in [4.69, 9.17) is 5.73 Å². The molecule has 0 aromatic heterocycles. The van der Waals surface area contributed by atoms with Crippen molar-refractivity contribution in [3.63, 3.8) is 0 Å². The summed E-state index contributed by atoms with van der Waals surface area (Å²) in [7, 11) is 0. The van der Waals surface area contributed by atoms with Gasteiger partial charge in [-0.3, -0.25) is 9.79 Å². The van der Waals surface area contributed by atoms with Crippen molar-refractivity contribution in [2.75, 3.05) is 12.3 Å². The van der Waals surface area contributed by atoms with Gasteiger partial charge in [0.05, 0.1) is 0 Å². The average molecular weight is 271 g/mol. The largest absolute Gasteiger partial charge is 0.368 e. The van der Waals surface area contributed by atoms with E-state index in [1.807, 2.05) is 13.8 Å². The highest BCUT2D eigenvalue weighted by atomic mass is 32.2. The van der Waals surface area contributed by atoms with Crippen LogP contribution < -0.4 is 11.1 Å². The molecule has 1 rings (SSSR count). The molecule has 0 aromatic rings. The van der Waals surface area contributed by atoms with Gasteiger partial charge in [0.2, 0.25) is 5.91 Å². The fourth-order valence-electron chi connectivity index (χ4n) is 2.02. The minimum atomic E-state index is -0.327. The molecule has 104 valence electrons. The molecule has 0 aliphatic carbocycles. The van der Waals surface area contributed by atoms with Gasteiger partial charge in [0.1, 0.15) is 6.04 Å². The molecule has 0 saturated carbocycles. The number of hydrogen-bond donors (Lipinski definition) is 2. The van der Waals surface area contributed by atoms with Crippen molar-refractivity contribution in [3.8, 4) is 0 Å². The molecule has 4 nitrogen and oxygen atoms in total. The van der Waals surface area contributed by atoms with Gasteiger partial charge in [0.25, 0.3) is 0 Å². The summed E-state index contributed by atoms with van der Waals surface area (Å²) in [5.41, 5.74) is 5.72. The standard InChI is InChI=1S/C13H25N3OS/c1-5-13(6-2)7-15-12(18-8-13)16-10(9(3)4)11(14)17/h9-10H,5-8H2,1-4H3,(H2,14,17)(H,15,16). The summed E-state index contributed by atoms with van der Waals surface area (Å²) < 4.78 is 0. The number of primary amides is 1. The summed E-state index contributed by atoms with van der Waals surface area (Å²) in [5.74, 6) is 0.932. The minimum absolute atomic E-state index is 0.176. The minimum Gasteiger partial charge on any atom is -0.368 e. The van der Waals surface area contributed by atoms with Gasteiger partial charge in [0, 0.05) is 12.3 Å². The molecule has 0 fully saturated rings. The molecule has 3 N–H and O–H groups in total. The van der Waals surface area contributed by atoms with E-state index in [0.717, 1.165) is 30.3 Å². The van der Waals surface area contributed by atoms with Crippen LogP contribution in [0.4, 0.5) is 0 Å². The number of nitrogens with one attached hydrogen (secondary N) is 1. The highest BCUT2D eigenvalue weighted by Crippen LogP contribution is 2.34. The first-order valence-electron chi connectivity index (χ1n) is 6.67. The van der Waals surface area contributed by atoms with E-state index in [1.165, 1.54) is 0 Å². The first-order chi connectivity index (χ1) is 8.44. The van der Waals surface area contributed by atoms with Gasteiger partial charge in [-0.05, 0) is 24.2 Å². The van der Waals surface area contributed by atoms with E-state index >= 15 is 0 Å². The van der Waals surface area contributed by atoms with Crippen molar-refractivity contribution in [1.82, 2.24) is 5.32 Å². The smallest absolute Gasteiger partial charge is 0.240 e. The van der Waals surface area contributed by atoms with E-state index in [9.17, 15) is 4.79 Å². The van der Waals surface area contributed by atoms with Gasteiger partial charge in [-0.25, -0.2) is 0 Å². The zero-order chi connectivity index (χ0) is 13.8. The summed E-state index contributed by atoms with van der Waals surface area (Å²) in [6.45, 7) is 9.26. The van der Waals surface area contributed by atoms with Crippen LogP contribution in [-0.4, -0.2) is 29.4 Å². The number of rotatable bonds is 5. The second-order valence-electron chi connectivity index (χ2n) is 5.39. The Bertz CT molecular complexity index is 324. The maximum Gasteiger partial charge on any atom is 0.240 e. The van der Waals surface area contributed by atoms with Crippen molar-refractivity contribution in [1.29, 1.82) is 0 Å². The number of amidine groups is 1. The summed E-state index contributed by atoms with van der Waals surface area (Å²) >= 11 is 1.71. The maximum atomic E-state index is 11.3. The normalized spacial score (nSPS) is 20.4. The summed E-state index contributed by atoms with van der Waals surface area (Å²) in [6.07, 6.45) is 2.30. The van der Waals surface area contributed by atoms with Gasteiger partial charge in [-0.15, -0.1) is 0 Å². The molecule has 1 aliphatic rings. The fourth-order valence-corrected chi connectivity index (χ4v) is 3.33. The average Bonchev–Trinajstić information content (AvgIpc) is 2.36. The third-order valence-electron chi connectivity index (χ3n) is 3.83. The Balaban J connectivity index is 2.65. The monoisotopic (exact) mass is 271 g/mol. The van der Waals surface area contributed by atoms with Crippen LogP contribution in [0.3, 0.4) is 0 Å². The molecular weight excluding hydrogens is 246 g/mol. The lowest BCUT2D eigenvalue weighted by Crippen LogP contribution is -2.48. The lowest BCUT2D eigenvalue weighted by Gasteiger charge is -2.34. The molecule has 5 heteroatoms. The third kappa shape index (κ3) is 3.64. The number of nitrogens with two attached hydrogens (primary N) is 1. The van der Waals surface area contributed by atoms with Crippen LogP contribution in [-0.2, 0) is 4.79 Å². The first kappa shape index (κ1) is 15.3. The molecule has 0 spiro atoms. The Morgan fingerprint density at radius 3 is 2.44 bits per heavy atom. The van der Waals surface area contributed by atoms with Crippen LogP contribution in [0.2, 0.25) is 0 Å². The molecule has 0 radical (unpaired) electrons. The van der Waals surface area contributed by atoms with Crippen LogP contribution >= 0.6 is 11.8 Å². The van der Waals surface area contributed by atoms with Crippen molar-refractivity contribution in [2.24, 2.45) is 22.1 Å². The predicted molar refractivity (Wildman–Crippen MR) is 78.7 cm³/mol. The molecule has 0 saturated heterocycles. The fraction of sp³-hybridized carbons (Fsp3) is 0.846. The van der Waals surface area contributed by atoms with Gasteiger partial charge in [-0.2, -0.15) is 0 Å². The highest BCUT2D eigenvalue weighted by Gasteiger charge is 2.31. The Hall–Kier alpha value is -0.710. The van der Waals surface area contributed by atoms with Gasteiger partial charge < -0.3 is 11.1 Å². The molecule has 1 heterocycles. The van der Waals surface area contributed by atoms with Crippen molar-refractivity contribution >= 4 is 22.8 Å². The van der Waals surface area contributed by atoms with E-state index in [2.05, 4.69) is 24.2 Å². The van der Waals surface area contributed by atoms with Crippen molar-refractivity contribution in [2.45, 2.75) is 46.6 Å². The number of aliphatic imine (C=N–C) groups is 1. The first-order valence-corrected chi connectivity index (χ1v) is 7.65. The predicted octanol–water partition coefficient (Wildman–Crippen LogP) is 2.00. The lowest BCUT2D eigenvalue weighted by atomic mass is 9.84. The molecule has 1 atom stereocenters. The van der Waals surface area contributed by atoms with Gasteiger partial charge in [-0.1, -0.05) is 39.5 Å². The van der Waals surface area contributed by atoms with Gasteiger partial charge >= 0.3 is 0 Å². The van der Waals surface area contributed by atoms with E-state index in [1.54, 1.807) is 11.8 Å². The van der Waals surface area contributed by atoms with Gasteiger partial charge in [0.15, 0.2) is 5.17 Å². The topological polar surface area (TPSA) is 67.5 Å². The number of nitrogens with zero attached hydrogens (tertiary/aromatic N) is 1. The molecular formula is C13H25N3OS. The number of thioether (sulfide) groups is 1. The van der Waals surface area contributed by atoms with E-state index in [0.29, 0.717) is 5.41 Å². The second-order valence-corrected chi connectivity index (χ2v) is 6.35. The maximum absolute atomic E-state index is 11.3. The van der Waals surface area contributed by atoms with Crippen LogP contribution in [0.15, 0.2) is 4.99 Å². The number of carbonyl (C=O) groups is 1. The van der Waals surface area contributed by atoms with Crippen LogP contribution in [0.5, 0.6) is 0 Å². The van der Waals surface area contributed by atoms with Crippen LogP contribution in [0.1, 0.15) is 40.5 Å².